The number of fused-ring (bicyclic) bond motifs is 3. The lowest BCUT2D eigenvalue weighted by atomic mass is 10.2. The highest BCUT2D eigenvalue weighted by molar-refractivity contribution is 6.06. The summed E-state index contributed by atoms with van der Waals surface area (Å²) in [5, 5.41) is 0.961. The van der Waals surface area contributed by atoms with Gasteiger partial charge in [-0.25, -0.2) is 9.97 Å². The lowest BCUT2D eigenvalue weighted by Crippen LogP contribution is -2.21. The van der Waals surface area contributed by atoms with E-state index in [0.29, 0.717) is 30.4 Å². The van der Waals surface area contributed by atoms with E-state index >= 15 is 0 Å². The molecule has 0 saturated carbocycles. The van der Waals surface area contributed by atoms with Gasteiger partial charge < -0.3 is 15.3 Å². The van der Waals surface area contributed by atoms with E-state index in [4.69, 9.17) is 15.3 Å². The van der Waals surface area contributed by atoms with Gasteiger partial charge in [0.15, 0.2) is 11.6 Å². The molecule has 1 aromatic carbocycles. The maximum absolute atomic E-state index is 6.08. The normalized spacial score (nSPS) is 11.6. The van der Waals surface area contributed by atoms with Crippen LogP contribution in [-0.4, -0.2) is 27.4 Å². The molecule has 0 saturated heterocycles. The number of rotatable bonds is 5. The number of aromatic nitrogens is 3. The number of imidazole rings is 1. The first-order valence-electron chi connectivity index (χ1n) is 7.42. The average Bonchev–Trinajstić information content (AvgIpc) is 2.84. The van der Waals surface area contributed by atoms with Crippen molar-refractivity contribution in [3.8, 4) is 0 Å². The molecular formula is C16H20N4O2. The summed E-state index contributed by atoms with van der Waals surface area (Å²) in [6, 6.07) is 7.83. The van der Waals surface area contributed by atoms with Gasteiger partial charge in [-0.05, 0) is 26.8 Å². The number of ether oxygens (including phenoxy) is 1. The smallest absolute Gasteiger partial charge is 0.172 e. The van der Waals surface area contributed by atoms with Crippen LogP contribution in [0.25, 0.3) is 21.9 Å². The van der Waals surface area contributed by atoms with Crippen molar-refractivity contribution >= 4 is 27.8 Å². The molecule has 2 aromatic heterocycles. The van der Waals surface area contributed by atoms with Crippen LogP contribution < -0.4 is 10.6 Å². The Hall–Kier alpha value is -2.34. The Kier molecular flexibility index (Phi) is 3.85. The molecule has 0 unspecified atom stereocenters. The second-order valence-electron chi connectivity index (χ2n) is 5.33. The van der Waals surface area contributed by atoms with Crippen LogP contribution in [0.5, 0.6) is 0 Å². The second-order valence-corrected chi connectivity index (χ2v) is 5.33. The Morgan fingerprint density at radius 3 is 2.73 bits per heavy atom. The van der Waals surface area contributed by atoms with Gasteiger partial charge in [0.2, 0.25) is 0 Å². The van der Waals surface area contributed by atoms with Crippen molar-refractivity contribution in [3.63, 3.8) is 0 Å². The van der Waals surface area contributed by atoms with Gasteiger partial charge in [-0.15, -0.1) is 0 Å². The molecule has 2 heterocycles. The van der Waals surface area contributed by atoms with Crippen molar-refractivity contribution < 1.29 is 9.57 Å². The molecule has 0 fully saturated rings. The highest BCUT2D eigenvalue weighted by Crippen LogP contribution is 2.28. The molecule has 0 spiro atoms. The van der Waals surface area contributed by atoms with Crippen molar-refractivity contribution in [2.24, 2.45) is 0 Å². The fourth-order valence-electron chi connectivity index (χ4n) is 2.43. The minimum absolute atomic E-state index is 0.00549. The molecule has 0 radical (unpaired) electrons. The molecule has 0 aliphatic carbocycles. The Labute approximate surface area is 128 Å². The van der Waals surface area contributed by atoms with Crippen LogP contribution in [0, 0.1) is 0 Å². The van der Waals surface area contributed by atoms with E-state index in [0.717, 1.165) is 16.4 Å². The number of anilines is 1. The van der Waals surface area contributed by atoms with E-state index in [2.05, 4.69) is 9.97 Å². The number of nitrogen functional groups attached to an aromatic ring is 1. The van der Waals surface area contributed by atoms with Gasteiger partial charge in [0.25, 0.3) is 0 Å². The zero-order valence-corrected chi connectivity index (χ0v) is 13.0. The van der Waals surface area contributed by atoms with Crippen molar-refractivity contribution in [1.29, 1.82) is 0 Å². The van der Waals surface area contributed by atoms with Crippen molar-refractivity contribution in [1.82, 2.24) is 14.7 Å². The summed E-state index contributed by atoms with van der Waals surface area (Å²) in [6.07, 6.45) is 0.00549. The maximum Gasteiger partial charge on any atom is 0.172 e. The zero-order valence-electron chi connectivity index (χ0n) is 13.0. The third-order valence-electron chi connectivity index (χ3n) is 3.30. The summed E-state index contributed by atoms with van der Waals surface area (Å²) in [5.41, 5.74) is 8.39. The van der Waals surface area contributed by atoms with E-state index in [9.17, 15) is 0 Å². The molecule has 6 nitrogen and oxygen atoms in total. The zero-order chi connectivity index (χ0) is 15.7. The van der Waals surface area contributed by atoms with E-state index < -0.39 is 0 Å². The number of nitrogens with zero attached hydrogens (tertiary/aromatic N) is 3. The lowest BCUT2D eigenvalue weighted by Gasteiger charge is -2.14. The highest BCUT2D eigenvalue weighted by atomic mass is 16.7. The Morgan fingerprint density at radius 2 is 2.00 bits per heavy atom. The van der Waals surface area contributed by atoms with Crippen LogP contribution in [0.1, 0.15) is 26.6 Å². The molecule has 22 heavy (non-hydrogen) atoms. The molecule has 0 aliphatic heterocycles. The molecule has 0 atom stereocenters. The molecule has 3 rings (SSSR count). The first-order valence-corrected chi connectivity index (χ1v) is 7.42. The summed E-state index contributed by atoms with van der Waals surface area (Å²) >= 11 is 0. The molecule has 6 heteroatoms. The number of pyridine rings is 1. The second kappa shape index (κ2) is 5.81. The first-order chi connectivity index (χ1) is 10.6. The third-order valence-corrected chi connectivity index (χ3v) is 3.30. The molecule has 0 aliphatic rings. The van der Waals surface area contributed by atoms with Crippen LogP contribution in [0.4, 0.5) is 5.82 Å². The molecule has 0 amide bonds. The topological polar surface area (TPSA) is 75.2 Å². The number of hydrogen-bond acceptors (Lipinski definition) is 5. The van der Waals surface area contributed by atoms with E-state index in [1.165, 1.54) is 0 Å². The quantitative estimate of drug-likeness (QED) is 0.783. The van der Waals surface area contributed by atoms with Crippen LogP contribution >= 0.6 is 0 Å². The summed E-state index contributed by atoms with van der Waals surface area (Å²) in [4.78, 5) is 15.0. The number of nitrogens with two attached hydrogens (primary N) is 1. The average molecular weight is 300 g/mol. The number of para-hydroxylation sites is 1. The van der Waals surface area contributed by atoms with Gasteiger partial charge >= 0.3 is 0 Å². The molecule has 2 N–H and O–H groups in total. The predicted octanol–water partition coefficient (Wildman–Crippen LogP) is 2.54. The van der Waals surface area contributed by atoms with Crippen LogP contribution in [0.15, 0.2) is 24.3 Å². The van der Waals surface area contributed by atoms with E-state index in [1.807, 2.05) is 45.0 Å². The number of benzene rings is 1. The minimum atomic E-state index is 0.00549. The SMILES string of the molecule is CCOCc1nc2c(N)nc3ccccc3c2n1OC(C)C. The van der Waals surface area contributed by atoms with Gasteiger partial charge in [0, 0.05) is 12.0 Å². The number of hydrogen-bond donors (Lipinski definition) is 1. The van der Waals surface area contributed by atoms with E-state index in [1.54, 1.807) is 4.73 Å². The van der Waals surface area contributed by atoms with Crippen LogP contribution in [0.2, 0.25) is 0 Å². The van der Waals surface area contributed by atoms with Gasteiger partial charge in [0.05, 0.1) is 5.52 Å². The fraction of sp³-hybridized carbons (Fsp3) is 0.375. The monoisotopic (exact) mass is 300 g/mol. The van der Waals surface area contributed by atoms with Crippen molar-refractivity contribution in [2.75, 3.05) is 12.3 Å². The van der Waals surface area contributed by atoms with Crippen molar-refractivity contribution in [3.05, 3.63) is 30.1 Å². The molecule has 116 valence electrons. The van der Waals surface area contributed by atoms with Gasteiger partial charge in [-0.1, -0.05) is 18.2 Å². The third kappa shape index (κ3) is 2.46. The van der Waals surface area contributed by atoms with E-state index in [-0.39, 0.29) is 6.10 Å². The van der Waals surface area contributed by atoms with Crippen LogP contribution in [0.3, 0.4) is 0 Å². The minimum Gasteiger partial charge on any atom is -0.409 e. The maximum atomic E-state index is 6.08. The standard InChI is InChI=1S/C16H20N4O2/c1-4-21-9-13-19-14-15(20(13)22-10(2)3)11-7-5-6-8-12(11)18-16(14)17/h5-8,10H,4,9H2,1-3H3,(H2,17,18). The predicted molar refractivity (Wildman–Crippen MR) is 86.5 cm³/mol. The van der Waals surface area contributed by atoms with Gasteiger partial charge in [0.1, 0.15) is 23.7 Å². The van der Waals surface area contributed by atoms with Gasteiger partial charge in [-0.3, -0.25) is 0 Å². The summed E-state index contributed by atoms with van der Waals surface area (Å²) in [7, 11) is 0. The Balaban J connectivity index is 2.32. The highest BCUT2D eigenvalue weighted by Gasteiger charge is 2.19. The molecule has 3 aromatic rings. The Morgan fingerprint density at radius 1 is 1.23 bits per heavy atom. The summed E-state index contributed by atoms with van der Waals surface area (Å²) in [6.45, 7) is 6.87. The van der Waals surface area contributed by atoms with Crippen LogP contribution in [-0.2, 0) is 11.3 Å². The largest absolute Gasteiger partial charge is 0.409 e. The molecule has 0 bridgehead atoms. The summed E-state index contributed by atoms with van der Waals surface area (Å²) in [5.74, 6) is 1.09. The molecular weight excluding hydrogens is 280 g/mol. The first kappa shape index (κ1) is 14.6. The lowest BCUT2D eigenvalue weighted by molar-refractivity contribution is 0.0434. The van der Waals surface area contributed by atoms with Crippen molar-refractivity contribution in [2.45, 2.75) is 33.5 Å². The summed E-state index contributed by atoms with van der Waals surface area (Å²) < 4.78 is 7.23. The fourth-order valence-corrected chi connectivity index (χ4v) is 2.43. The Bertz CT molecular complexity index is 811. The van der Waals surface area contributed by atoms with Gasteiger partial charge in [-0.2, -0.15) is 4.73 Å².